The number of halogens is 1. The first-order chi connectivity index (χ1) is 10.0. The van der Waals surface area contributed by atoms with E-state index in [4.69, 9.17) is 0 Å². The second kappa shape index (κ2) is 6.39. The molecule has 0 radical (unpaired) electrons. The second-order valence-corrected chi connectivity index (χ2v) is 4.98. The van der Waals surface area contributed by atoms with Gasteiger partial charge in [0.2, 0.25) is 0 Å². The van der Waals surface area contributed by atoms with Crippen LogP contribution in [0.1, 0.15) is 28.4 Å². The number of rotatable bonds is 4. The van der Waals surface area contributed by atoms with Crippen molar-refractivity contribution in [3.05, 3.63) is 65.0 Å². The van der Waals surface area contributed by atoms with Gasteiger partial charge in [-0.1, -0.05) is 23.8 Å². The van der Waals surface area contributed by atoms with Gasteiger partial charge in [0.25, 0.3) is 5.91 Å². The minimum Gasteiger partial charge on any atom is -0.286 e. The van der Waals surface area contributed by atoms with Gasteiger partial charge in [-0.3, -0.25) is 15.2 Å². The summed E-state index contributed by atoms with van der Waals surface area (Å²) in [5.41, 5.74) is 5.67. The monoisotopic (exact) mass is 286 g/mol. The SMILES string of the molecule is CCN(NC(=O)c1ccc(C)c(F)c1)c1ccc(C)cc1. The summed E-state index contributed by atoms with van der Waals surface area (Å²) in [6, 6.07) is 12.3. The van der Waals surface area contributed by atoms with E-state index in [1.165, 1.54) is 6.07 Å². The van der Waals surface area contributed by atoms with Crippen molar-refractivity contribution >= 4 is 11.6 Å². The summed E-state index contributed by atoms with van der Waals surface area (Å²) >= 11 is 0. The van der Waals surface area contributed by atoms with E-state index in [1.807, 2.05) is 38.1 Å². The normalized spacial score (nSPS) is 10.3. The third-order valence-corrected chi connectivity index (χ3v) is 3.33. The topological polar surface area (TPSA) is 32.3 Å². The molecule has 3 nitrogen and oxygen atoms in total. The lowest BCUT2D eigenvalue weighted by Gasteiger charge is -2.24. The summed E-state index contributed by atoms with van der Waals surface area (Å²) in [5, 5.41) is 1.74. The number of hydrogen-bond donors (Lipinski definition) is 1. The molecule has 2 aromatic rings. The Kier molecular flexibility index (Phi) is 4.58. The first-order valence-electron chi connectivity index (χ1n) is 6.92. The standard InChI is InChI=1S/C17H19FN2O/c1-4-20(15-9-5-12(2)6-10-15)19-17(21)14-8-7-13(3)16(18)11-14/h5-11H,4H2,1-3H3,(H,19,21). The zero-order valence-electron chi connectivity index (χ0n) is 12.5. The van der Waals surface area contributed by atoms with E-state index in [2.05, 4.69) is 5.43 Å². The van der Waals surface area contributed by atoms with E-state index in [-0.39, 0.29) is 11.7 Å². The first-order valence-corrected chi connectivity index (χ1v) is 6.92. The molecule has 0 aliphatic carbocycles. The second-order valence-electron chi connectivity index (χ2n) is 4.98. The molecule has 0 unspecified atom stereocenters. The van der Waals surface area contributed by atoms with E-state index in [1.54, 1.807) is 24.1 Å². The minimum absolute atomic E-state index is 0.309. The van der Waals surface area contributed by atoms with Gasteiger partial charge in [0.1, 0.15) is 5.82 Å². The molecule has 2 rings (SSSR count). The maximum atomic E-state index is 13.5. The molecule has 4 heteroatoms. The summed E-state index contributed by atoms with van der Waals surface area (Å²) in [6.45, 7) is 6.23. The highest BCUT2D eigenvalue weighted by Crippen LogP contribution is 2.14. The molecule has 0 aliphatic heterocycles. The van der Waals surface area contributed by atoms with Crippen molar-refractivity contribution in [1.29, 1.82) is 0 Å². The Morgan fingerprint density at radius 1 is 1.14 bits per heavy atom. The van der Waals surface area contributed by atoms with Crippen LogP contribution in [0.2, 0.25) is 0 Å². The fourth-order valence-corrected chi connectivity index (χ4v) is 1.97. The molecule has 0 atom stereocenters. The van der Waals surface area contributed by atoms with Gasteiger partial charge in [0.15, 0.2) is 0 Å². The predicted molar refractivity (Wildman–Crippen MR) is 82.8 cm³/mol. The zero-order chi connectivity index (χ0) is 15.4. The number of nitrogens with zero attached hydrogens (tertiary/aromatic N) is 1. The maximum Gasteiger partial charge on any atom is 0.269 e. The van der Waals surface area contributed by atoms with Gasteiger partial charge < -0.3 is 0 Å². The van der Waals surface area contributed by atoms with Gasteiger partial charge in [-0.2, -0.15) is 0 Å². The van der Waals surface area contributed by atoms with Crippen molar-refractivity contribution in [1.82, 2.24) is 5.43 Å². The average molecular weight is 286 g/mol. The van der Waals surface area contributed by atoms with Gasteiger partial charge in [-0.05, 0) is 50.6 Å². The molecule has 0 saturated heterocycles. The van der Waals surface area contributed by atoms with Crippen molar-refractivity contribution in [2.24, 2.45) is 0 Å². The number of amides is 1. The van der Waals surface area contributed by atoms with E-state index < -0.39 is 0 Å². The molecule has 0 bridgehead atoms. The summed E-state index contributed by atoms with van der Waals surface area (Å²) < 4.78 is 13.5. The number of hydrogen-bond acceptors (Lipinski definition) is 2. The van der Waals surface area contributed by atoms with Crippen LogP contribution < -0.4 is 10.4 Å². The van der Waals surface area contributed by atoms with Crippen molar-refractivity contribution < 1.29 is 9.18 Å². The quantitative estimate of drug-likeness (QED) is 0.871. The minimum atomic E-state index is -0.374. The Labute approximate surface area is 124 Å². The van der Waals surface area contributed by atoms with Gasteiger partial charge in [0, 0.05) is 12.1 Å². The first kappa shape index (κ1) is 15.0. The lowest BCUT2D eigenvalue weighted by molar-refractivity contribution is 0.0949. The lowest BCUT2D eigenvalue weighted by atomic mass is 10.1. The van der Waals surface area contributed by atoms with Gasteiger partial charge >= 0.3 is 0 Å². The molecule has 0 saturated carbocycles. The van der Waals surface area contributed by atoms with E-state index in [0.717, 1.165) is 11.3 Å². The highest BCUT2D eigenvalue weighted by atomic mass is 19.1. The number of carbonyl (C=O) groups is 1. The van der Waals surface area contributed by atoms with Crippen LogP contribution in [0.3, 0.4) is 0 Å². The molecule has 0 aromatic heterocycles. The molecule has 0 aliphatic rings. The number of benzene rings is 2. The van der Waals surface area contributed by atoms with Crippen LogP contribution in [-0.2, 0) is 0 Å². The molecule has 0 spiro atoms. The predicted octanol–water partition coefficient (Wildman–Crippen LogP) is 3.61. The van der Waals surface area contributed by atoms with Crippen molar-refractivity contribution in [3.63, 3.8) is 0 Å². The van der Waals surface area contributed by atoms with E-state index in [0.29, 0.717) is 17.7 Å². The van der Waals surface area contributed by atoms with Crippen LogP contribution in [0.25, 0.3) is 0 Å². The average Bonchev–Trinajstić information content (AvgIpc) is 2.48. The van der Waals surface area contributed by atoms with Crippen LogP contribution in [0.5, 0.6) is 0 Å². The number of nitrogens with one attached hydrogen (secondary N) is 1. The van der Waals surface area contributed by atoms with Gasteiger partial charge in [-0.15, -0.1) is 0 Å². The number of carbonyl (C=O) groups excluding carboxylic acids is 1. The highest BCUT2D eigenvalue weighted by molar-refractivity contribution is 5.95. The summed E-state index contributed by atoms with van der Waals surface area (Å²) in [6.07, 6.45) is 0. The number of anilines is 1. The molecule has 110 valence electrons. The van der Waals surface area contributed by atoms with Gasteiger partial charge in [0.05, 0.1) is 5.69 Å². The smallest absolute Gasteiger partial charge is 0.269 e. The van der Waals surface area contributed by atoms with Crippen LogP contribution in [0.4, 0.5) is 10.1 Å². The molecule has 1 N–H and O–H groups in total. The van der Waals surface area contributed by atoms with Crippen LogP contribution in [-0.4, -0.2) is 12.5 Å². The summed E-state index contributed by atoms with van der Waals surface area (Å²) in [4.78, 5) is 12.2. The van der Waals surface area contributed by atoms with Crippen LogP contribution in [0.15, 0.2) is 42.5 Å². The fourth-order valence-electron chi connectivity index (χ4n) is 1.97. The number of aryl methyl sites for hydroxylation is 2. The fraction of sp³-hybridized carbons (Fsp3) is 0.235. The maximum absolute atomic E-state index is 13.5. The number of hydrazine groups is 1. The zero-order valence-corrected chi connectivity index (χ0v) is 12.5. The van der Waals surface area contributed by atoms with Crippen molar-refractivity contribution in [2.75, 3.05) is 11.6 Å². The molecule has 0 heterocycles. The third kappa shape index (κ3) is 3.60. The Morgan fingerprint density at radius 3 is 2.38 bits per heavy atom. The Hall–Kier alpha value is -2.36. The van der Waals surface area contributed by atoms with Crippen LogP contribution in [0, 0.1) is 19.7 Å². The van der Waals surface area contributed by atoms with Crippen molar-refractivity contribution in [3.8, 4) is 0 Å². The van der Waals surface area contributed by atoms with E-state index in [9.17, 15) is 9.18 Å². The third-order valence-electron chi connectivity index (χ3n) is 3.33. The Balaban J connectivity index is 2.15. The largest absolute Gasteiger partial charge is 0.286 e. The molecule has 0 fully saturated rings. The molecule has 1 amide bonds. The molecular formula is C17H19FN2O. The van der Waals surface area contributed by atoms with Crippen LogP contribution >= 0.6 is 0 Å². The Bertz CT molecular complexity index is 638. The summed E-state index contributed by atoms with van der Waals surface area (Å²) in [5.74, 6) is -0.697. The molecule has 21 heavy (non-hydrogen) atoms. The van der Waals surface area contributed by atoms with Crippen molar-refractivity contribution in [2.45, 2.75) is 20.8 Å². The lowest BCUT2D eigenvalue weighted by Crippen LogP contribution is -2.42. The van der Waals surface area contributed by atoms with Gasteiger partial charge in [-0.25, -0.2) is 4.39 Å². The highest BCUT2D eigenvalue weighted by Gasteiger charge is 2.12. The summed E-state index contributed by atoms with van der Waals surface area (Å²) in [7, 11) is 0. The Morgan fingerprint density at radius 2 is 1.81 bits per heavy atom. The van der Waals surface area contributed by atoms with E-state index >= 15 is 0 Å². The molecule has 2 aromatic carbocycles. The molecular weight excluding hydrogens is 267 g/mol.